The molecule has 2 heterocycles. The van der Waals surface area contributed by atoms with E-state index >= 15 is 0 Å². The van der Waals surface area contributed by atoms with Crippen LogP contribution in [0.15, 0.2) is 48.5 Å². The second-order valence-corrected chi connectivity index (χ2v) is 5.88. The first-order valence-electron chi connectivity index (χ1n) is 7.54. The molecule has 2 atom stereocenters. The van der Waals surface area contributed by atoms with Gasteiger partial charge in [-0.25, -0.2) is 0 Å². The number of methoxy groups -OCH3 is 1. The van der Waals surface area contributed by atoms with Crippen molar-refractivity contribution >= 4 is 24.0 Å². The summed E-state index contributed by atoms with van der Waals surface area (Å²) in [5.74, 6) is 0.902. The lowest BCUT2D eigenvalue weighted by molar-refractivity contribution is -0.121. The van der Waals surface area contributed by atoms with Crippen LogP contribution in [-0.4, -0.2) is 19.6 Å². The van der Waals surface area contributed by atoms with Crippen LogP contribution in [0.5, 0.6) is 5.75 Å². The van der Waals surface area contributed by atoms with Crippen molar-refractivity contribution in [1.29, 1.82) is 0 Å². The van der Waals surface area contributed by atoms with E-state index in [-0.39, 0.29) is 24.4 Å². The van der Waals surface area contributed by atoms with Gasteiger partial charge in [-0.2, -0.15) is 0 Å². The fraction of sp³-hybridized carbons (Fsp3) is 0.278. The van der Waals surface area contributed by atoms with Crippen LogP contribution in [-0.2, 0) is 10.2 Å². The first-order valence-corrected chi connectivity index (χ1v) is 7.54. The first-order chi connectivity index (χ1) is 10.8. The van der Waals surface area contributed by atoms with Crippen molar-refractivity contribution in [3.8, 4) is 5.75 Å². The molecule has 0 aromatic heterocycles. The second kappa shape index (κ2) is 5.87. The number of fused-ring (bicyclic) bond motifs is 2. The van der Waals surface area contributed by atoms with E-state index in [1.807, 2.05) is 36.4 Å². The van der Waals surface area contributed by atoms with Gasteiger partial charge in [0.05, 0.1) is 18.6 Å². The van der Waals surface area contributed by atoms with E-state index in [2.05, 4.69) is 22.8 Å². The lowest BCUT2D eigenvalue weighted by Gasteiger charge is -2.29. The Morgan fingerprint density at radius 2 is 2.00 bits per heavy atom. The maximum Gasteiger partial charge on any atom is 0.237 e. The number of rotatable bonds is 2. The molecule has 0 bridgehead atoms. The normalized spacial score (nSPS) is 24.9. The van der Waals surface area contributed by atoms with Gasteiger partial charge in [-0.3, -0.25) is 4.79 Å². The molecule has 5 heteroatoms. The molecule has 2 aromatic rings. The van der Waals surface area contributed by atoms with Crippen LogP contribution < -0.4 is 15.4 Å². The average Bonchev–Trinajstić information content (AvgIpc) is 3.12. The van der Waals surface area contributed by atoms with E-state index in [1.165, 1.54) is 0 Å². The van der Waals surface area contributed by atoms with Crippen molar-refractivity contribution in [2.24, 2.45) is 0 Å². The Kier molecular flexibility index (Phi) is 4.04. The van der Waals surface area contributed by atoms with Gasteiger partial charge in [0.2, 0.25) is 5.91 Å². The van der Waals surface area contributed by atoms with Gasteiger partial charge in [0.1, 0.15) is 5.75 Å². The molecule has 1 amide bonds. The van der Waals surface area contributed by atoms with Crippen molar-refractivity contribution < 1.29 is 9.53 Å². The fourth-order valence-electron chi connectivity index (χ4n) is 3.83. The lowest BCUT2D eigenvalue weighted by Crippen LogP contribution is -2.39. The summed E-state index contributed by atoms with van der Waals surface area (Å²) in [6.07, 6.45) is 0.803. The molecule has 2 unspecified atom stereocenters. The number of amides is 1. The van der Waals surface area contributed by atoms with Crippen molar-refractivity contribution in [3.05, 3.63) is 59.7 Å². The Morgan fingerprint density at radius 3 is 2.83 bits per heavy atom. The van der Waals surface area contributed by atoms with Crippen molar-refractivity contribution in [2.75, 3.05) is 19.0 Å². The molecule has 120 valence electrons. The molecule has 2 aliphatic rings. The van der Waals surface area contributed by atoms with Crippen LogP contribution in [0, 0.1) is 0 Å². The smallest absolute Gasteiger partial charge is 0.237 e. The number of benzene rings is 2. The van der Waals surface area contributed by atoms with Crippen LogP contribution in [0.2, 0.25) is 0 Å². The molecule has 0 radical (unpaired) electrons. The third kappa shape index (κ3) is 2.21. The van der Waals surface area contributed by atoms with Crippen LogP contribution in [0.3, 0.4) is 0 Å². The fourth-order valence-corrected chi connectivity index (χ4v) is 3.83. The monoisotopic (exact) mass is 330 g/mol. The molecule has 1 saturated heterocycles. The second-order valence-electron chi connectivity index (χ2n) is 5.88. The number of carbonyl (C=O) groups excluding carboxylic acids is 1. The van der Waals surface area contributed by atoms with Crippen molar-refractivity contribution in [1.82, 2.24) is 5.32 Å². The minimum absolute atomic E-state index is 0. The largest absolute Gasteiger partial charge is 0.497 e. The average molecular weight is 331 g/mol. The number of halogens is 1. The molecule has 1 spiro atoms. The summed E-state index contributed by atoms with van der Waals surface area (Å²) in [6, 6.07) is 15.9. The zero-order valence-corrected chi connectivity index (χ0v) is 13.7. The molecule has 1 fully saturated rings. The van der Waals surface area contributed by atoms with E-state index < -0.39 is 5.41 Å². The van der Waals surface area contributed by atoms with Gasteiger partial charge in [-0.05, 0) is 42.3 Å². The van der Waals surface area contributed by atoms with Crippen molar-refractivity contribution in [3.63, 3.8) is 0 Å². The molecule has 0 aliphatic carbocycles. The van der Waals surface area contributed by atoms with Crippen LogP contribution in [0.25, 0.3) is 0 Å². The van der Waals surface area contributed by atoms with Gasteiger partial charge in [-0.1, -0.05) is 30.3 Å². The predicted molar refractivity (Wildman–Crippen MR) is 92.4 cm³/mol. The van der Waals surface area contributed by atoms with Gasteiger partial charge >= 0.3 is 0 Å². The minimum atomic E-state index is -0.525. The lowest BCUT2D eigenvalue weighted by atomic mass is 9.73. The van der Waals surface area contributed by atoms with Crippen molar-refractivity contribution in [2.45, 2.75) is 17.9 Å². The maximum absolute atomic E-state index is 12.8. The summed E-state index contributed by atoms with van der Waals surface area (Å²) in [4.78, 5) is 12.8. The van der Waals surface area contributed by atoms with Gasteiger partial charge in [-0.15, -0.1) is 12.4 Å². The number of ether oxygens (including phenoxy) is 1. The Labute approximate surface area is 141 Å². The molecule has 2 N–H and O–H groups in total. The Morgan fingerprint density at radius 1 is 1.17 bits per heavy atom. The van der Waals surface area contributed by atoms with Crippen LogP contribution in [0.4, 0.5) is 5.69 Å². The topological polar surface area (TPSA) is 50.4 Å². The van der Waals surface area contributed by atoms with Crippen LogP contribution >= 0.6 is 12.4 Å². The van der Waals surface area contributed by atoms with Gasteiger partial charge in [0.25, 0.3) is 0 Å². The Hall–Kier alpha value is -2.04. The van der Waals surface area contributed by atoms with Gasteiger partial charge in [0.15, 0.2) is 0 Å². The zero-order valence-electron chi connectivity index (χ0n) is 12.8. The Balaban J connectivity index is 0.00000156. The summed E-state index contributed by atoms with van der Waals surface area (Å²) in [5, 5.41) is 6.56. The third-order valence-electron chi connectivity index (χ3n) is 4.85. The molecule has 2 aliphatic heterocycles. The van der Waals surface area contributed by atoms with E-state index in [0.29, 0.717) is 0 Å². The maximum atomic E-state index is 12.8. The molecule has 4 nitrogen and oxygen atoms in total. The summed E-state index contributed by atoms with van der Waals surface area (Å²) in [5.41, 5.74) is 2.59. The molecule has 2 aromatic carbocycles. The number of carbonyl (C=O) groups is 1. The highest BCUT2D eigenvalue weighted by molar-refractivity contribution is 6.07. The summed E-state index contributed by atoms with van der Waals surface area (Å²) < 4.78 is 5.33. The van der Waals surface area contributed by atoms with E-state index in [0.717, 1.165) is 35.5 Å². The number of hydrogen-bond acceptors (Lipinski definition) is 3. The summed E-state index contributed by atoms with van der Waals surface area (Å²) in [7, 11) is 1.66. The van der Waals surface area contributed by atoms with E-state index in [9.17, 15) is 4.79 Å². The molecule has 0 saturated carbocycles. The predicted octanol–water partition coefficient (Wildman–Crippen LogP) is 3.04. The standard InChI is InChI=1S/C18H18N2O2.ClH/c1-22-13-6-4-5-12(11-13)16-18(9-10-19-16)14-7-2-3-8-15(14)20-17(18)21;/h2-8,11,16,19H,9-10H2,1H3,(H,20,21);1H. The highest BCUT2D eigenvalue weighted by Crippen LogP contribution is 2.51. The van der Waals surface area contributed by atoms with Gasteiger partial charge in [0, 0.05) is 5.69 Å². The number of anilines is 1. The van der Waals surface area contributed by atoms with Gasteiger partial charge < -0.3 is 15.4 Å². The summed E-state index contributed by atoms with van der Waals surface area (Å²) in [6.45, 7) is 0.823. The third-order valence-corrected chi connectivity index (χ3v) is 4.85. The first kappa shape index (κ1) is 15.8. The van der Waals surface area contributed by atoms with Crippen LogP contribution in [0.1, 0.15) is 23.6 Å². The number of nitrogens with one attached hydrogen (secondary N) is 2. The highest BCUT2D eigenvalue weighted by Gasteiger charge is 2.55. The minimum Gasteiger partial charge on any atom is -0.497 e. The molecule has 4 rings (SSSR count). The van der Waals surface area contributed by atoms with E-state index in [1.54, 1.807) is 7.11 Å². The quantitative estimate of drug-likeness (QED) is 0.890. The van der Waals surface area contributed by atoms with E-state index in [4.69, 9.17) is 4.74 Å². The molecular weight excluding hydrogens is 312 g/mol. The number of para-hydroxylation sites is 1. The zero-order chi connectivity index (χ0) is 15.2. The number of hydrogen-bond donors (Lipinski definition) is 2. The SMILES string of the molecule is COc1cccc(C2NCCC23C(=O)Nc2ccccc23)c1.Cl. The molecular formula is C18H19ClN2O2. The Bertz CT molecular complexity index is 749. The summed E-state index contributed by atoms with van der Waals surface area (Å²) >= 11 is 0. The highest BCUT2D eigenvalue weighted by atomic mass is 35.5. The molecule has 23 heavy (non-hydrogen) atoms.